The molecule has 1 amide bonds. The number of unbranched alkanes of at least 4 members (excludes halogenated alkanes) is 52. The number of carbonyl (C=O) groups is 2. The minimum absolute atomic E-state index is 0.0108. The Bertz CT molecular complexity index is 1370. The Balaban J connectivity index is 3.36. The first-order valence-electron chi connectivity index (χ1n) is 36.9. The van der Waals surface area contributed by atoms with Gasteiger partial charge in [-0.1, -0.05) is 345 Å². The molecule has 0 aliphatic rings. The van der Waals surface area contributed by atoms with E-state index >= 15 is 0 Å². The second-order valence-electron chi connectivity index (χ2n) is 25.3. The van der Waals surface area contributed by atoms with E-state index in [1.54, 1.807) is 6.08 Å². The molecule has 6 heteroatoms. The number of hydrogen-bond acceptors (Lipinski definition) is 5. The average molecular weight is 1150 g/mol. The topological polar surface area (TPSA) is 95.9 Å². The maximum absolute atomic E-state index is 12.5. The van der Waals surface area contributed by atoms with Gasteiger partial charge in [-0.25, -0.2) is 0 Å². The van der Waals surface area contributed by atoms with E-state index in [0.29, 0.717) is 19.4 Å². The molecule has 0 spiro atoms. The Hall–Kier alpha value is -2.18. The Morgan fingerprint density at radius 2 is 0.610 bits per heavy atom. The van der Waals surface area contributed by atoms with Crippen molar-refractivity contribution >= 4 is 11.9 Å². The van der Waals surface area contributed by atoms with Gasteiger partial charge in [-0.15, -0.1) is 0 Å². The highest BCUT2D eigenvalue weighted by Gasteiger charge is 2.18. The Morgan fingerprint density at radius 3 is 0.939 bits per heavy atom. The molecule has 2 unspecified atom stereocenters. The fraction of sp³-hybridized carbons (Fsp3) is 0.868. The molecule has 0 saturated heterocycles. The van der Waals surface area contributed by atoms with E-state index < -0.39 is 12.1 Å². The summed E-state index contributed by atoms with van der Waals surface area (Å²) in [6.07, 6.45) is 93.6. The predicted molar refractivity (Wildman–Crippen MR) is 361 cm³/mol. The summed E-state index contributed by atoms with van der Waals surface area (Å²) in [5.41, 5.74) is 0. The molecule has 0 aromatic heterocycles. The minimum atomic E-state index is -0.842. The number of nitrogens with one attached hydrogen (secondary N) is 1. The Labute approximate surface area is 512 Å². The standard InChI is InChI=1S/C76H143NO5/c1-3-5-7-9-11-13-15-17-41-46-50-54-58-62-66-70-76(81)82-71-67-63-59-55-51-47-43-40-38-36-34-32-30-28-26-24-22-20-18-19-21-23-25-27-29-31-33-35-37-39-42-45-49-53-57-61-65-69-75(80)77-73(72-78)74(79)68-64-60-56-52-48-44-16-14-12-10-8-6-4-2/h17-18,20,24,26,41,64,68,73-74,78-79H,3-16,19,21-23,25,27-40,42-63,65-67,69-72H2,1-2H3,(H,77,80)/b20-18-,26-24-,41-17-,68-64+. The van der Waals surface area contributed by atoms with E-state index in [0.717, 1.165) is 51.4 Å². The van der Waals surface area contributed by atoms with Gasteiger partial charge < -0.3 is 20.3 Å². The zero-order chi connectivity index (χ0) is 59.2. The lowest BCUT2D eigenvalue weighted by Gasteiger charge is -2.20. The smallest absolute Gasteiger partial charge is 0.305 e. The van der Waals surface area contributed by atoms with Crippen LogP contribution in [0.1, 0.15) is 399 Å². The number of aliphatic hydroxyl groups excluding tert-OH is 2. The lowest BCUT2D eigenvalue weighted by atomic mass is 10.0. The molecule has 0 heterocycles. The third-order valence-electron chi connectivity index (χ3n) is 17.1. The van der Waals surface area contributed by atoms with Crippen molar-refractivity contribution in [3.63, 3.8) is 0 Å². The van der Waals surface area contributed by atoms with Gasteiger partial charge in [0.25, 0.3) is 0 Å². The molecular weight excluding hydrogens is 1010 g/mol. The van der Waals surface area contributed by atoms with Gasteiger partial charge in [-0.3, -0.25) is 9.59 Å². The second kappa shape index (κ2) is 71.3. The van der Waals surface area contributed by atoms with Crippen LogP contribution in [0.25, 0.3) is 0 Å². The van der Waals surface area contributed by atoms with Crippen LogP contribution in [0, 0.1) is 0 Å². The van der Waals surface area contributed by atoms with Gasteiger partial charge in [0, 0.05) is 12.8 Å². The Kier molecular flexibility index (Phi) is 69.4. The predicted octanol–water partition coefficient (Wildman–Crippen LogP) is 24.0. The SMILES string of the molecule is CCCCCCCC/C=C\CCCCCCCC(=O)OCCCCCCCCCCCCCCC/C=C\C/C=C\CCCCCCCCCCCCCCCCCCCC(=O)NC(CO)C(O)/C=C/CCCCCCCCCCCCC. The van der Waals surface area contributed by atoms with Gasteiger partial charge in [0.2, 0.25) is 5.91 Å². The number of allylic oxidation sites excluding steroid dienone is 7. The van der Waals surface area contributed by atoms with Crippen LogP contribution < -0.4 is 5.32 Å². The van der Waals surface area contributed by atoms with Gasteiger partial charge in [0.15, 0.2) is 0 Å². The fourth-order valence-electron chi connectivity index (χ4n) is 11.4. The molecule has 0 aliphatic heterocycles. The van der Waals surface area contributed by atoms with Crippen molar-refractivity contribution in [3.8, 4) is 0 Å². The molecule has 0 aliphatic carbocycles. The molecule has 0 rings (SSSR count). The molecule has 0 aromatic rings. The van der Waals surface area contributed by atoms with Gasteiger partial charge in [0.1, 0.15) is 0 Å². The number of esters is 1. The Morgan fingerprint density at radius 1 is 0.341 bits per heavy atom. The van der Waals surface area contributed by atoms with E-state index in [2.05, 4.69) is 55.6 Å². The zero-order valence-electron chi connectivity index (χ0n) is 55.2. The highest BCUT2D eigenvalue weighted by atomic mass is 16.5. The summed E-state index contributed by atoms with van der Waals surface area (Å²) in [6, 6.07) is -0.625. The van der Waals surface area contributed by atoms with Crippen molar-refractivity contribution in [1.82, 2.24) is 5.32 Å². The van der Waals surface area contributed by atoms with E-state index in [4.69, 9.17) is 4.74 Å². The summed E-state index contributed by atoms with van der Waals surface area (Å²) in [7, 11) is 0. The van der Waals surface area contributed by atoms with E-state index in [9.17, 15) is 19.8 Å². The van der Waals surface area contributed by atoms with Gasteiger partial charge in [0.05, 0.1) is 25.4 Å². The van der Waals surface area contributed by atoms with Crippen molar-refractivity contribution in [1.29, 1.82) is 0 Å². The van der Waals surface area contributed by atoms with Crippen LogP contribution in [0.2, 0.25) is 0 Å². The first-order chi connectivity index (χ1) is 40.5. The summed E-state index contributed by atoms with van der Waals surface area (Å²) < 4.78 is 5.49. The molecule has 0 saturated carbocycles. The quantitative estimate of drug-likeness (QED) is 0.0320. The molecule has 0 radical (unpaired) electrons. The molecule has 3 N–H and O–H groups in total. The first kappa shape index (κ1) is 79.8. The van der Waals surface area contributed by atoms with Crippen LogP contribution in [0.4, 0.5) is 0 Å². The van der Waals surface area contributed by atoms with Crippen molar-refractivity contribution in [2.24, 2.45) is 0 Å². The van der Waals surface area contributed by atoms with Crippen LogP contribution >= 0.6 is 0 Å². The number of carbonyl (C=O) groups excluding carboxylic acids is 2. The number of ether oxygens (including phenoxy) is 1. The van der Waals surface area contributed by atoms with Crippen LogP contribution in [0.5, 0.6) is 0 Å². The number of hydrogen-bond donors (Lipinski definition) is 3. The van der Waals surface area contributed by atoms with Crippen LogP contribution in [-0.2, 0) is 14.3 Å². The normalized spacial score (nSPS) is 12.8. The summed E-state index contributed by atoms with van der Waals surface area (Å²) in [6.45, 7) is 4.92. The number of aliphatic hydroxyl groups is 2. The molecule has 482 valence electrons. The van der Waals surface area contributed by atoms with E-state index in [1.807, 2.05) is 6.08 Å². The van der Waals surface area contributed by atoms with Crippen molar-refractivity contribution in [3.05, 3.63) is 48.6 Å². The highest BCUT2D eigenvalue weighted by molar-refractivity contribution is 5.76. The maximum Gasteiger partial charge on any atom is 0.305 e. The van der Waals surface area contributed by atoms with Gasteiger partial charge in [-0.05, 0) is 89.9 Å². The molecule has 0 fully saturated rings. The zero-order valence-corrected chi connectivity index (χ0v) is 55.2. The first-order valence-corrected chi connectivity index (χ1v) is 36.9. The summed E-state index contributed by atoms with van der Waals surface area (Å²) >= 11 is 0. The summed E-state index contributed by atoms with van der Waals surface area (Å²) in [5.74, 6) is -0.0534. The molecule has 2 atom stereocenters. The molecule has 0 aromatic carbocycles. The van der Waals surface area contributed by atoms with Crippen LogP contribution in [-0.4, -0.2) is 47.4 Å². The van der Waals surface area contributed by atoms with E-state index in [-0.39, 0.29) is 18.5 Å². The lowest BCUT2D eigenvalue weighted by Crippen LogP contribution is -2.45. The monoisotopic (exact) mass is 1150 g/mol. The number of rotatable bonds is 69. The fourth-order valence-corrected chi connectivity index (χ4v) is 11.4. The van der Waals surface area contributed by atoms with Crippen LogP contribution in [0.15, 0.2) is 48.6 Å². The molecule has 82 heavy (non-hydrogen) atoms. The van der Waals surface area contributed by atoms with Crippen molar-refractivity contribution < 1.29 is 24.5 Å². The second-order valence-corrected chi connectivity index (χ2v) is 25.3. The third-order valence-corrected chi connectivity index (χ3v) is 17.1. The van der Waals surface area contributed by atoms with Gasteiger partial charge in [-0.2, -0.15) is 0 Å². The third kappa shape index (κ3) is 67.0. The largest absolute Gasteiger partial charge is 0.466 e. The molecule has 0 bridgehead atoms. The van der Waals surface area contributed by atoms with Crippen LogP contribution in [0.3, 0.4) is 0 Å². The number of amides is 1. The van der Waals surface area contributed by atoms with E-state index in [1.165, 1.54) is 321 Å². The maximum atomic E-state index is 12.5. The highest BCUT2D eigenvalue weighted by Crippen LogP contribution is 2.18. The average Bonchev–Trinajstić information content (AvgIpc) is 3.48. The summed E-state index contributed by atoms with van der Waals surface area (Å²) in [5, 5.41) is 23.1. The van der Waals surface area contributed by atoms with Gasteiger partial charge >= 0.3 is 5.97 Å². The summed E-state index contributed by atoms with van der Waals surface area (Å²) in [4.78, 5) is 24.5. The molecular formula is C76H143NO5. The minimum Gasteiger partial charge on any atom is -0.466 e. The van der Waals surface area contributed by atoms with Crippen molar-refractivity contribution in [2.75, 3.05) is 13.2 Å². The van der Waals surface area contributed by atoms with Crippen molar-refractivity contribution in [2.45, 2.75) is 411 Å². The molecule has 6 nitrogen and oxygen atoms in total. The lowest BCUT2D eigenvalue weighted by molar-refractivity contribution is -0.143.